The van der Waals surface area contributed by atoms with Gasteiger partial charge in [0.25, 0.3) is 0 Å². The molecule has 17 heavy (non-hydrogen) atoms. The summed E-state index contributed by atoms with van der Waals surface area (Å²) in [7, 11) is 0. The van der Waals surface area contributed by atoms with Gasteiger partial charge in [0.2, 0.25) is 6.04 Å². The number of hydrogen-bond acceptors (Lipinski definition) is 3. The molecule has 0 amide bonds. The van der Waals surface area contributed by atoms with Crippen molar-refractivity contribution >= 4 is 5.97 Å². The van der Waals surface area contributed by atoms with Gasteiger partial charge in [0.15, 0.2) is 0 Å². The molecular weight excluding hydrogens is 218 g/mol. The highest BCUT2D eigenvalue weighted by atomic mass is 16.5. The number of carbonyl (C=O) groups is 1. The van der Waals surface area contributed by atoms with Gasteiger partial charge in [-0.15, -0.1) is 0 Å². The molecule has 1 heterocycles. The van der Waals surface area contributed by atoms with E-state index in [9.17, 15) is 9.90 Å². The Hall–Kier alpha value is -0.610. The molecule has 0 saturated carbocycles. The van der Waals surface area contributed by atoms with E-state index in [1.165, 1.54) is 12.8 Å². The summed E-state index contributed by atoms with van der Waals surface area (Å²) in [5.41, 5.74) is -0.230. The Labute approximate surface area is 104 Å². The number of ether oxygens (including phenoxy) is 1. The van der Waals surface area contributed by atoms with Crippen molar-refractivity contribution in [2.45, 2.75) is 58.0 Å². The molecule has 4 heteroatoms. The molecule has 1 rings (SSSR count). The Morgan fingerprint density at radius 3 is 2.71 bits per heavy atom. The van der Waals surface area contributed by atoms with Crippen LogP contribution in [0.5, 0.6) is 0 Å². The van der Waals surface area contributed by atoms with Gasteiger partial charge in [0.1, 0.15) is 12.1 Å². The van der Waals surface area contributed by atoms with Gasteiger partial charge in [-0.25, -0.2) is 4.79 Å². The lowest BCUT2D eigenvalue weighted by Gasteiger charge is -2.20. The van der Waals surface area contributed by atoms with E-state index < -0.39 is 0 Å². The van der Waals surface area contributed by atoms with Crippen molar-refractivity contribution in [1.82, 2.24) is 0 Å². The minimum Gasteiger partial charge on any atom is -0.461 e. The van der Waals surface area contributed by atoms with Gasteiger partial charge in [-0.1, -0.05) is 26.2 Å². The van der Waals surface area contributed by atoms with Gasteiger partial charge in [-0.3, -0.25) is 0 Å². The van der Waals surface area contributed by atoms with Gasteiger partial charge in [-0.2, -0.15) is 0 Å². The quantitative estimate of drug-likeness (QED) is 0.363. The molecule has 0 bridgehead atoms. The zero-order chi connectivity index (χ0) is 12.9. The van der Waals surface area contributed by atoms with Crippen LogP contribution >= 0.6 is 0 Å². The summed E-state index contributed by atoms with van der Waals surface area (Å²) < 4.78 is 5.24. The van der Waals surface area contributed by atoms with E-state index in [-0.39, 0.29) is 24.2 Å². The van der Waals surface area contributed by atoms with Crippen LogP contribution in [-0.2, 0) is 9.53 Å². The van der Waals surface area contributed by atoms with E-state index in [0.29, 0.717) is 6.61 Å². The van der Waals surface area contributed by atoms with Crippen molar-refractivity contribution in [2.24, 2.45) is 0 Å². The fourth-order valence-electron chi connectivity index (χ4n) is 2.04. The smallest absolute Gasteiger partial charge is 0.371 e. The first-order chi connectivity index (χ1) is 8.03. The van der Waals surface area contributed by atoms with E-state index in [1.807, 2.05) is 13.8 Å². The molecule has 2 atom stereocenters. The van der Waals surface area contributed by atoms with Gasteiger partial charge in [0.05, 0.1) is 13.2 Å². The molecule has 100 valence electrons. The van der Waals surface area contributed by atoms with Crippen LogP contribution in [0.25, 0.3) is 0 Å². The van der Waals surface area contributed by atoms with Crippen LogP contribution in [0.3, 0.4) is 0 Å². The number of rotatable bonds is 8. The van der Waals surface area contributed by atoms with Crippen LogP contribution in [0, 0.1) is 0 Å². The standard InChI is InChI=1S/C13H25NO3/c1-4-5-6-7-8-17-12(16)11-9-14(11)13(2,3)10-15/h11,15H,4-10H2,1-3H3/p+1/t11-,14?/m0/s1. The van der Waals surface area contributed by atoms with Gasteiger partial charge in [0, 0.05) is 0 Å². The Kier molecular flexibility index (Phi) is 5.40. The number of nitrogens with one attached hydrogen (secondary N) is 1. The molecule has 0 aromatic heterocycles. The summed E-state index contributed by atoms with van der Waals surface area (Å²) in [5.74, 6) is -0.0991. The third kappa shape index (κ3) is 4.28. The predicted molar refractivity (Wildman–Crippen MR) is 65.9 cm³/mol. The van der Waals surface area contributed by atoms with Gasteiger partial charge >= 0.3 is 5.97 Å². The molecule has 4 nitrogen and oxygen atoms in total. The van der Waals surface area contributed by atoms with E-state index >= 15 is 0 Å². The first kappa shape index (κ1) is 14.5. The number of hydrogen-bond donors (Lipinski definition) is 2. The van der Waals surface area contributed by atoms with Crippen molar-refractivity contribution < 1.29 is 19.5 Å². The number of esters is 1. The molecule has 1 aliphatic rings. The lowest BCUT2D eigenvalue weighted by Crippen LogP contribution is -3.05. The Morgan fingerprint density at radius 1 is 1.41 bits per heavy atom. The Morgan fingerprint density at radius 2 is 2.12 bits per heavy atom. The predicted octanol–water partition coefficient (Wildman–Crippen LogP) is 0.148. The van der Waals surface area contributed by atoms with Crippen LogP contribution in [0.2, 0.25) is 0 Å². The maximum Gasteiger partial charge on any atom is 0.371 e. The highest BCUT2D eigenvalue weighted by Gasteiger charge is 2.55. The third-order valence-electron chi connectivity index (χ3n) is 3.48. The van der Waals surface area contributed by atoms with E-state index in [0.717, 1.165) is 24.3 Å². The topological polar surface area (TPSA) is 51.0 Å². The Balaban J connectivity index is 2.15. The molecular formula is C13H26NO3+. The van der Waals surface area contributed by atoms with Crippen LogP contribution in [0.1, 0.15) is 46.5 Å². The highest BCUT2D eigenvalue weighted by molar-refractivity contribution is 5.76. The fraction of sp³-hybridized carbons (Fsp3) is 0.923. The molecule has 1 aliphatic heterocycles. The second-order valence-electron chi connectivity index (χ2n) is 5.55. The van der Waals surface area contributed by atoms with Crippen molar-refractivity contribution in [2.75, 3.05) is 19.8 Å². The maximum absolute atomic E-state index is 11.7. The van der Waals surface area contributed by atoms with E-state index in [1.54, 1.807) is 0 Å². The van der Waals surface area contributed by atoms with Crippen LogP contribution in [-0.4, -0.2) is 42.4 Å². The molecule has 0 radical (unpaired) electrons. The zero-order valence-electron chi connectivity index (χ0n) is 11.3. The summed E-state index contributed by atoms with van der Waals surface area (Å²) in [6, 6.07) is -0.0525. The normalized spacial score (nSPS) is 23.5. The van der Waals surface area contributed by atoms with Gasteiger partial charge in [-0.05, 0) is 20.3 Å². The molecule has 1 unspecified atom stereocenters. The number of unbranched alkanes of at least 4 members (excludes halogenated alkanes) is 3. The zero-order valence-corrected chi connectivity index (χ0v) is 11.3. The van der Waals surface area contributed by atoms with Crippen LogP contribution in [0.15, 0.2) is 0 Å². The molecule has 0 spiro atoms. The van der Waals surface area contributed by atoms with Gasteiger partial charge < -0.3 is 14.7 Å². The van der Waals surface area contributed by atoms with Crippen LogP contribution < -0.4 is 4.90 Å². The summed E-state index contributed by atoms with van der Waals surface area (Å²) >= 11 is 0. The van der Waals surface area contributed by atoms with E-state index in [4.69, 9.17) is 4.74 Å². The summed E-state index contributed by atoms with van der Waals surface area (Å²) in [4.78, 5) is 12.8. The summed E-state index contributed by atoms with van der Waals surface area (Å²) in [6.45, 7) is 7.54. The van der Waals surface area contributed by atoms with Crippen molar-refractivity contribution in [1.29, 1.82) is 0 Å². The first-order valence-corrected chi connectivity index (χ1v) is 6.66. The second-order valence-corrected chi connectivity index (χ2v) is 5.55. The molecule has 0 aromatic carbocycles. The first-order valence-electron chi connectivity index (χ1n) is 6.66. The molecule has 2 N–H and O–H groups in total. The number of aliphatic hydroxyl groups is 1. The third-order valence-corrected chi connectivity index (χ3v) is 3.48. The lowest BCUT2D eigenvalue weighted by molar-refractivity contribution is -0.829. The van der Waals surface area contributed by atoms with E-state index in [2.05, 4.69) is 6.92 Å². The van der Waals surface area contributed by atoms with Crippen molar-refractivity contribution in [3.63, 3.8) is 0 Å². The molecule has 0 aliphatic carbocycles. The van der Waals surface area contributed by atoms with Crippen LogP contribution in [0.4, 0.5) is 0 Å². The largest absolute Gasteiger partial charge is 0.461 e. The minimum atomic E-state index is -0.230. The SMILES string of the molecule is CCCCCCOC(=O)[C@@H]1C[NH+]1C(C)(C)CO. The summed E-state index contributed by atoms with van der Waals surface area (Å²) in [6.07, 6.45) is 4.49. The number of quaternary nitrogens is 1. The van der Waals surface area contributed by atoms with Crippen molar-refractivity contribution in [3.05, 3.63) is 0 Å². The molecule has 1 fully saturated rings. The highest BCUT2D eigenvalue weighted by Crippen LogP contribution is 2.06. The minimum absolute atomic E-state index is 0.0525. The molecule has 1 saturated heterocycles. The Bertz CT molecular complexity index is 253. The lowest BCUT2D eigenvalue weighted by atomic mass is 10.1. The molecule has 0 aromatic rings. The average Bonchev–Trinajstić information content (AvgIpc) is 3.09. The number of aliphatic hydroxyl groups excluding tert-OH is 1. The maximum atomic E-state index is 11.7. The summed E-state index contributed by atoms with van der Waals surface area (Å²) in [5, 5.41) is 9.20. The number of carbonyl (C=O) groups excluding carboxylic acids is 1. The second kappa shape index (κ2) is 6.36. The average molecular weight is 244 g/mol. The van der Waals surface area contributed by atoms with Crippen molar-refractivity contribution in [3.8, 4) is 0 Å². The fourth-order valence-corrected chi connectivity index (χ4v) is 2.04. The monoisotopic (exact) mass is 244 g/mol.